The van der Waals surface area contributed by atoms with Gasteiger partial charge in [0.1, 0.15) is 0 Å². The Morgan fingerprint density at radius 1 is 1.12 bits per heavy atom. The lowest BCUT2D eigenvalue weighted by molar-refractivity contribution is -0.129. The van der Waals surface area contributed by atoms with Crippen LogP contribution in [0.25, 0.3) is 0 Å². The van der Waals surface area contributed by atoms with Gasteiger partial charge in [0.2, 0.25) is 0 Å². The highest BCUT2D eigenvalue weighted by atomic mass is 16.1. The molecular weight excluding hydrogens is 210 g/mol. The normalized spacial score (nSPS) is 19.4. The third-order valence-electron chi connectivity index (χ3n) is 4.03. The molecule has 1 saturated heterocycles. The maximum atomic E-state index is 12.3. The van der Waals surface area contributed by atoms with E-state index >= 15 is 0 Å². The van der Waals surface area contributed by atoms with E-state index in [1.165, 1.54) is 25.7 Å². The van der Waals surface area contributed by atoms with Gasteiger partial charge < -0.3 is 0 Å². The molecule has 1 heterocycles. The van der Waals surface area contributed by atoms with E-state index in [0.717, 1.165) is 25.9 Å². The lowest BCUT2D eigenvalue weighted by atomic mass is 9.91. The molecule has 0 amide bonds. The van der Waals surface area contributed by atoms with Crippen molar-refractivity contribution in [3.05, 3.63) is 0 Å². The molecule has 1 aliphatic rings. The number of hydrogen-bond donors (Lipinski definition) is 0. The fourth-order valence-electron chi connectivity index (χ4n) is 2.53. The summed E-state index contributed by atoms with van der Waals surface area (Å²) in [5.74, 6) is 1.05. The molecule has 1 aliphatic heterocycles. The Hall–Kier alpha value is -0.370. The van der Waals surface area contributed by atoms with Crippen molar-refractivity contribution < 1.29 is 4.79 Å². The van der Waals surface area contributed by atoms with Crippen molar-refractivity contribution in [2.45, 2.75) is 71.8 Å². The maximum absolute atomic E-state index is 12.3. The summed E-state index contributed by atoms with van der Waals surface area (Å²) in [6.45, 7) is 10.8. The molecule has 17 heavy (non-hydrogen) atoms. The molecular formula is C15H29NO. The Kier molecular flexibility index (Phi) is 5.64. The van der Waals surface area contributed by atoms with Gasteiger partial charge in [0.05, 0.1) is 5.54 Å². The monoisotopic (exact) mass is 239 g/mol. The van der Waals surface area contributed by atoms with Crippen LogP contribution in [0.1, 0.15) is 66.2 Å². The molecule has 100 valence electrons. The van der Waals surface area contributed by atoms with E-state index in [9.17, 15) is 4.79 Å². The molecule has 0 spiro atoms. The minimum Gasteiger partial charge on any atom is -0.298 e. The Labute approximate surface area is 107 Å². The van der Waals surface area contributed by atoms with Gasteiger partial charge in [-0.25, -0.2) is 0 Å². The van der Waals surface area contributed by atoms with E-state index < -0.39 is 0 Å². The number of rotatable bonds is 5. The van der Waals surface area contributed by atoms with Crippen LogP contribution in [0.2, 0.25) is 0 Å². The van der Waals surface area contributed by atoms with Gasteiger partial charge >= 0.3 is 0 Å². The van der Waals surface area contributed by atoms with E-state index in [1.54, 1.807) is 0 Å². The van der Waals surface area contributed by atoms with E-state index in [-0.39, 0.29) is 5.54 Å². The summed E-state index contributed by atoms with van der Waals surface area (Å²) in [4.78, 5) is 14.7. The molecule has 0 aromatic rings. The first-order chi connectivity index (χ1) is 7.94. The van der Waals surface area contributed by atoms with Gasteiger partial charge in [-0.3, -0.25) is 9.69 Å². The Bertz CT molecular complexity index is 237. The smallest absolute Gasteiger partial charge is 0.152 e. The first-order valence-corrected chi connectivity index (χ1v) is 7.23. The van der Waals surface area contributed by atoms with Crippen molar-refractivity contribution in [2.75, 3.05) is 13.1 Å². The van der Waals surface area contributed by atoms with Crippen LogP contribution in [0.4, 0.5) is 0 Å². The van der Waals surface area contributed by atoms with Gasteiger partial charge in [-0.05, 0) is 52.1 Å². The van der Waals surface area contributed by atoms with Crippen LogP contribution in [0.3, 0.4) is 0 Å². The van der Waals surface area contributed by atoms with E-state index in [2.05, 4.69) is 32.6 Å². The van der Waals surface area contributed by atoms with Crippen LogP contribution in [0.5, 0.6) is 0 Å². The number of nitrogens with zero attached hydrogens (tertiary/aromatic N) is 1. The Balaban J connectivity index is 2.54. The largest absolute Gasteiger partial charge is 0.298 e. The highest BCUT2D eigenvalue weighted by molar-refractivity contribution is 5.87. The molecule has 0 N–H and O–H groups in total. The molecule has 0 bridgehead atoms. The van der Waals surface area contributed by atoms with Crippen LogP contribution < -0.4 is 0 Å². The number of Topliss-reactive ketones (excluding diaryl/α,β-unsaturated/α-hetero) is 1. The molecule has 1 fully saturated rings. The SMILES string of the molecule is CC(C)CCC(=O)C(C)(C)N1CCCCCC1. The average molecular weight is 239 g/mol. The van der Waals surface area contributed by atoms with Crippen LogP contribution in [0, 0.1) is 5.92 Å². The number of ketones is 1. The molecule has 0 unspecified atom stereocenters. The second-order valence-electron chi connectivity index (χ2n) is 6.32. The predicted octanol–water partition coefficient (Wildman–Crippen LogP) is 3.65. The number of carbonyl (C=O) groups is 1. The van der Waals surface area contributed by atoms with Gasteiger partial charge in [0.25, 0.3) is 0 Å². The fourth-order valence-corrected chi connectivity index (χ4v) is 2.53. The van der Waals surface area contributed by atoms with Crippen molar-refractivity contribution in [2.24, 2.45) is 5.92 Å². The van der Waals surface area contributed by atoms with Gasteiger partial charge in [0.15, 0.2) is 5.78 Å². The summed E-state index contributed by atoms with van der Waals surface area (Å²) >= 11 is 0. The predicted molar refractivity (Wildman–Crippen MR) is 73.2 cm³/mol. The Morgan fingerprint density at radius 2 is 1.65 bits per heavy atom. The van der Waals surface area contributed by atoms with E-state index in [0.29, 0.717) is 11.7 Å². The fraction of sp³-hybridized carbons (Fsp3) is 0.933. The van der Waals surface area contributed by atoms with Gasteiger partial charge in [-0.1, -0.05) is 26.7 Å². The number of carbonyl (C=O) groups excluding carboxylic acids is 1. The summed E-state index contributed by atoms with van der Waals surface area (Å²) < 4.78 is 0. The van der Waals surface area contributed by atoms with Crippen LogP contribution in [-0.2, 0) is 4.79 Å². The zero-order chi connectivity index (χ0) is 12.9. The summed E-state index contributed by atoms with van der Waals surface area (Å²) in [6.07, 6.45) is 6.92. The second kappa shape index (κ2) is 6.53. The summed E-state index contributed by atoms with van der Waals surface area (Å²) in [5, 5.41) is 0. The molecule has 2 nitrogen and oxygen atoms in total. The van der Waals surface area contributed by atoms with Crippen LogP contribution >= 0.6 is 0 Å². The third-order valence-corrected chi connectivity index (χ3v) is 4.03. The van der Waals surface area contributed by atoms with E-state index in [4.69, 9.17) is 0 Å². The first-order valence-electron chi connectivity index (χ1n) is 7.23. The van der Waals surface area contributed by atoms with Crippen molar-refractivity contribution in [1.29, 1.82) is 0 Å². The van der Waals surface area contributed by atoms with Crippen LogP contribution in [-0.4, -0.2) is 29.3 Å². The second-order valence-corrected chi connectivity index (χ2v) is 6.32. The summed E-state index contributed by atoms with van der Waals surface area (Å²) in [5.41, 5.74) is -0.251. The molecule has 0 saturated carbocycles. The first kappa shape index (κ1) is 14.7. The van der Waals surface area contributed by atoms with Gasteiger partial charge in [0, 0.05) is 6.42 Å². The molecule has 0 aliphatic carbocycles. The van der Waals surface area contributed by atoms with Crippen molar-refractivity contribution in [1.82, 2.24) is 4.90 Å². The summed E-state index contributed by atoms with van der Waals surface area (Å²) in [7, 11) is 0. The van der Waals surface area contributed by atoms with Crippen molar-refractivity contribution in [3.8, 4) is 0 Å². The lowest BCUT2D eigenvalue weighted by Gasteiger charge is -2.36. The summed E-state index contributed by atoms with van der Waals surface area (Å²) in [6, 6.07) is 0. The van der Waals surface area contributed by atoms with Gasteiger partial charge in [-0.2, -0.15) is 0 Å². The minimum atomic E-state index is -0.251. The topological polar surface area (TPSA) is 20.3 Å². The highest BCUT2D eigenvalue weighted by Crippen LogP contribution is 2.23. The molecule has 0 aromatic carbocycles. The van der Waals surface area contributed by atoms with Crippen molar-refractivity contribution in [3.63, 3.8) is 0 Å². The third kappa shape index (κ3) is 4.42. The average Bonchev–Trinajstić information content (AvgIpc) is 2.54. The molecule has 0 radical (unpaired) electrons. The van der Waals surface area contributed by atoms with Crippen molar-refractivity contribution >= 4 is 5.78 Å². The Morgan fingerprint density at radius 3 is 2.12 bits per heavy atom. The van der Waals surface area contributed by atoms with E-state index in [1.807, 2.05) is 0 Å². The number of hydrogen-bond acceptors (Lipinski definition) is 2. The lowest BCUT2D eigenvalue weighted by Crippen LogP contribution is -2.50. The standard InChI is InChI=1S/C15H29NO/c1-13(2)9-10-14(17)15(3,4)16-11-7-5-6-8-12-16/h13H,5-12H2,1-4H3. The number of likely N-dealkylation sites (tertiary alicyclic amines) is 1. The van der Waals surface area contributed by atoms with Crippen LogP contribution in [0.15, 0.2) is 0 Å². The molecule has 1 rings (SSSR count). The zero-order valence-electron chi connectivity index (χ0n) is 12.1. The molecule has 2 heteroatoms. The highest BCUT2D eigenvalue weighted by Gasteiger charge is 2.33. The van der Waals surface area contributed by atoms with Gasteiger partial charge in [-0.15, -0.1) is 0 Å². The zero-order valence-corrected chi connectivity index (χ0v) is 12.1. The molecule has 0 aromatic heterocycles. The maximum Gasteiger partial charge on any atom is 0.152 e. The minimum absolute atomic E-state index is 0.251. The molecule has 0 atom stereocenters. The quantitative estimate of drug-likeness (QED) is 0.730.